The predicted octanol–water partition coefficient (Wildman–Crippen LogP) is 2.98. The van der Waals surface area contributed by atoms with Crippen molar-refractivity contribution in [3.63, 3.8) is 0 Å². The molecule has 0 saturated heterocycles. The number of hydrogen-bond donors (Lipinski definition) is 2. The first-order chi connectivity index (χ1) is 15.3. The molecule has 6 nitrogen and oxygen atoms in total. The minimum Gasteiger partial charge on any atom is -0.380 e. The first kappa shape index (κ1) is 26.0. The number of ether oxygens (including phenoxy) is 1. The number of primary amides is 1. The van der Waals surface area contributed by atoms with Crippen molar-refractivity contribution in [2.75, 3.05) is 39.4 Å². The monoisotopic (exact) mass is 468 g/mol. The maximum atomic E-state index is 14.2. The summed E-state index contributed by atoms with van der Waals surface area (Å²) < 4.78 is 33.6. The van der Waals surface area contributed by atoms with E-state index in [9.17, 15) is 13.6 Å². The van der Waals surface area contributed by atoms with Crippen molar-refractivity contribution in [3.8, 4) is 0 Å². The van der Waals surface area contributed by atoms with Crippen molar-refractivity contribution < 1.29 is 18.3 Å². The Labute approximate surface area is 193 Å². The van der Waals surface area contributed by atoms with Crippen LogP contribution in [0.5, 0.6) is 0 Å². The SMILES string of the molecule is CCOCCN1C/C=C(C2=CC(F)C=CC(F)C=C2)\C(Cl)=C/CN=C1CN[C@@H](C)C(N)=O. The number of alkyl halides is 2. The van der Waals surface area contributed by atoms with E-state index in [0.717, 1.165) is 0 Å². The zero-order valence-electron chi connectivity index (χ0n) is 18.4. The molecule has 32 heavy (non-hydrogen) atoms. The minimum atomic E-state index is -1.42. The van der Waals surface area contributed by atoms with Gasteiger partial charge in [-0.15, -0.1) is 0 Å². The smallest absolute Gasteiger partial charge is 0.234 e. The standard InChI is InChI=1S/C23H31ClF2N4O2/c1-3-32-13-12-30-11-9-20(17-4-5-18(25)6-7-19(26)14-17)21(24)8-10-28-22(30)15-29-16(2)23(27)31/h4-9,14,16,18-19,29H,3,10-13,15H2,1-2H3,(H2,27,31)/b5-4?,7-6?,17-14?,20-9-,21-8+,28-22?/t16-,18?,19?/m0/s1. The lowest BCUT2D eigenvalue weighted by Gasteiger charge is -2.26. The van der Waals surface area contributed by atoms with Crippen LogP contribution in [0.4, 0.5) is 8.78 Å². The van der Waals surface area contributed by atoms with Crippen LogP contribution in [0.2, 0.25) is 0 Å². The molecule has 0 radical (unpaired) electrons. The van der Waals surface area contributed by atoms with Crippen LogP contribution in [-0.4, -0.2) is 74.4 Å². The summed E-state index contributed by atoms with van der Waals surface area (Å²) in [6, 6.07) is -0.516. The highest BCUT2D eigenvalue weighted by Gasteiger charge is 2.18. The van der Waals surface area contributed by atoms with E-state index in [1.165, 1.54) is 24.3 Å². The van der Waals surface area contributed by atoms with Crippen LogP contribution in [0.25, 0.3) is 0 Å². The van der Waals surface area contributed by atoms with Gasteiger partial charge in [-0.25, -0.2) is 8.78 Å². The molecule has 2 unspecified atom stereocenters. The largest absolute Gasteiger partial charge is 0.380 e. The third-order valence-corrected chi connectivity index (χ3v) is 5.33. The van der Waals surface area contributed by atoms with Crippen LogP contribution in [-0.2, 0) is 9.53 Å². The number of carbonyl (C=O) groups is 1. The number of rotatable bonds is 9. The highest BCUT2D eigenvalue weighted by atomic mass is 35.5. The summed E-state index contributed by atoms with van der Waals surface area (Å²) >= 11 is 6.53. The number of halogens is 3. The molecule has 9 heteroatoms. The molecule has 176 valence electrons. The number of hydrogen-bond acceptors (Lipinski definition) is 5. The second kappa shape index (κ2) is 13.3. The van der Waals surface area contributed by atoms with E-state index in [-0.39, 0.29) is 6.54 Å². The van der Waals surface area contributed by atoms with Gasteiger partial charge in [-0.1, -0.05) is 23.8 Å². The molecule has 0 fully saturated rings. The molecule has 0 spiro atoms. The highest BCUT2D eigenvalue weighted by Crippen LogP contribution is 2.27. The Morgan fingerprint density at radius 3 is 2.81 bits per heavy atom. The lowest BCUT2D eigenvalue weighted by atomic mass is 10.00. The van der Waals surface area contributed by atoms with E-state index in [1.807, 2.05) is 17.9 Å². The topological polar surface area (TPSA) is 79.9 Å². The van der Waals surface area contributed by atoms with Crippen LogP contribution in [0, 0.1) is 0 Å². The van der Waals surface area contributed by atoms with Gasteiger partial charge in [0.15, 0.2) is 0 Å². The fourth-order valence-electron chi connectivity index (χ4n) is 3.09. The summed E-state index contributed by atoms with van der Waals surface area (Å²) in [5, 5.41) is 3.47. The zero-order valence-corrected chi connectivity index (χ0v) is 19.2. The van der Waals surface area contributed by atoms with E-state index >= 15 is 0 Å². The Kier molecular flexibility index (Phi) is 10.8. The molecule has 0 aromatic rings. The van der Waals surface area contributed by atoms with Gasteiger partial charge in [0.1, 0.15) is 18.2 Å². The second-order valence-electron chi connectivity index (χ2n) is 7.33. The third-order valence-electron chi connectivity index (χ3n) is 4.97. The van der Waals surface area contributed by atoms with Crippen LogP contribution in [0.3, 0.4) is 0 Å². The molecule has 1 amide bonds. The Balaban J connectivity index is 2.32. The molecule has 0 bridgehead atoms. The summed E-state index contributed by atoms with van der Waals surface area (Å²) in [5.41, 5.74) is 6.44. The first-order valence-electron chi connectivity index (χ1n) is 10.6. The summed E-state index contributed by atoms with van der Waals surface area (Å²) in [4.78, 5) is 18.0. The third kappa shape index (κ3) is 8.33. The Bertz CT molecular complexity index is 836. The number of nitrogens with one attached hydrogen (secondary N) is 1. The molecule has 2 rings (SSSR count). The number of nitrogens with zero attached hydrogens (tertiary/aromatic N) is 2. The minimum absolute atomic E-state index is 0.283. The summed E-state index contributed by atoms with van der Waals surface area (Å²) in [7, 11) is 0. The Morgan fingerprint density at radius 1 is 1.34 bits per heavy atom. The molecule has 0 aromatic heterocycles. The van der Waals surface area contributed by atoms with Gasteiger partial charge in [0.05, 0.1) is 25.7 Å². The van der Waals surface area contributed by atoms with E-state index in [4.69, 9.17) is 22.1 Å². The van der Waals surface area contributed by atoms with Crippen molar-refractivity contribution in [1.82, 2.24) is 10.2 Å². The van der Waals surface area contributed by atoms with Gasteiger partial charge >= 0.3 is 0 Å². The van der Waals surface area contributed by atoms with Gasteiger partial charge in [0, 0.05) is 24.7 Å². The average molecular weight is 469 g/mol. The maximum Gasteiger partial charge on any atom is 0.234 e. The molecule has 2 aliphatic rings. The lowest BCUT2D eigenvalue weighted by molar-refractivity contribution is -0.119. The molecule has 0 aromatic carbocycles. The summed E-state index contributed by atoms with van der Waals surface area (Å²) in [6.45, 7) is 6.24. The Morgan fingerprint density at radius 2 is 2.09 bits per heavy atom. The zero-order chi connectivity index (χ0) is 23.5. The van der Waals surface area contributed by atoms with Crippen molar-refractivity contribution in [2.24, 2.45) is 10.7 Å². The molecule has 3 N–H and O–H groups in total. The van der Waals surface area contributed by atoms with Crippen LogP contribution >= 0.6 is 11.6 Å². The summed E-state index contributed by atoms with van der Waals surface area (Å²) in [6.07, 6.45) is 7.46. The molecule has 1 aliphatic carbocycles. The van der Waals surface area contributed by atoms with Crippen molar-refractivity contribution in [3.05, 3.63) is 58.7 Å². The predicted molar refractivity (Wildman–Crippen MR) is 125 cm³/mol. The number of amides is 1. The van der Waals surface area contributed by atoms with Gasteiger partial charge in [0.2, 0.25) is 5.91 Å². The molecule has 1 heterocycles. The van der Waals surface area contributed by atoms with Gasteiger partial charge in [-0.3, -0.25) is 15.1 Å². The lowest BCUT2D eigenvalue weighted by Crippen LogP contribution is -2.46. The van der Waals surface area contributed by atoms with Crippen LogP contribution in [0.1, 0.15) is 13.8 Å². The molecular weight excluding hydrogens is 438 g/mol. The average Bonchev–Trinajstić information content (AvgIpc) is 2.82. The van der Waals surface area contributed by atoms with Crippen molar-refractivity contribution in [2.45, 2.75) is 32.2 Å². The van der Waals surface area contributed by atoms with Crippen molar-refractivity contribution >= 4 is 23.3 Å². The maximum absolute atomic E-state index is 14.2. The van der Waals surface area contributed by atoms with Crippen LogP contribution < -0.4 is 11.1 Å². The number of allylic oxidation sites excluding steroid dienone is 8. The van der Waals surface area contributed by atoms with Gasteiger partial charge < -0.3 is 15.4 Å². The van der Waals surface area contributed by atoms with Gasteiger partial charge in [0.25, 0.3) is 0 Å². The first-order valence-corrected chi connectivity index (χ1v) is 11.0. The Hall–Kier alpha value is -2.29. The number of carbonyl (C=O) groups excluding carboxylic acids is 1. The number of nitrogens with two attached hydrogens (primary N) is 1. The van der Waals surface area contributed by atoms with Crippen molar-refractivity contribution in [1.29, 1.82) is 0 Å². The van der Waals surface area contributed by atoms with E-state index in [0.29, 0.717) is 54.9 Å². The van der Waals surface area contributed by atoms with Gasteiger partial charge in [-0.2, -0.15) is 0 Å². The normalized spacial score (nSPS) is 26.2. The van der Waals surface area contributed by atoms with E-state index in [1.54, 1.807) is 19.1 Å². The molecule has 3 atom stereocenters. The second-order valence-corrected chi connectivity index (χ2v) is 7.74. The molecule has 0 saturated carbocycles. The fourth-order valence-corrected chi connectivity index (χ4v) is 3.34. The van der Waals surface area contributed by atoms with E-state index in [2.05, 4.69) is 10.3 Å². The molecule has 1 aliphatic heterocycles. The molecular formula is C23H31ClF2N4O2. The quantitative estimate of drug-likeness (QED) is 0.403. The summed E-state index contributed by atoms with van der Waals surface area (Å²) in [5.74, 6) is 0.261. The van der Waals surface area contributed by atoms with Gasteiger partial charge in [-0.05, 0) is 55.4 Å². The number of amidine groups is 1. The fraction of sp³-hybridized carbons (Fsp3) is 0.478. The van der Waals surface area contributed by atoms with Crippen LogP contribution in [0.15, 0.2) is 63.7 Å². The highest BCUT2D eigenvalue weighted by molar-refractivity contribution is 6.32. The van der Waals surface area contributed by atoms with E-state index < -0.39 is 24.3 Å². The number of aliphatic imine (C=N–C) groups is 1.